The minimum Gasteiger partial charge on any atom is -0.506 e. The molecule has 0 atom stereocenters. The molecule has 0 spiro atoms. The molecule has 0 bridgehead atoms. The van der Waals surface area contributed by atoms with Crippen molar-refractivity contribution in [2.75, 3.05) is 0 Å². The minimum absolute atomic E-state index is 0.00134. The summed E-state index contributed by atoms with van der Waals surface area (Å²) in [7, 11) is 0. The first-order valence-electron chi connectivity index (χ1n) is 8.09. The number of phenolic OH excluding ortho intramolecular Hbond substituents is 1. The van der Waals surface area contributed by atoms with E-state index in [1.54, 1.807) is 36.7 Å². The molecule has 142 valence electrons. The van der Waals surface area contributed by atoms with Crippen LogP contribution in [0.15, 0.2) is 45.6 Å². The van der Waals surface area contributed by atoms with Crippen LogP contribution in [0.4, 0.5) is 0 Å². The molecule has 9 heteroatoms. The van der Waals surface area contributed by atoms with Gasteiger partial charge in [0, 0.05) is 5.56 Å². The zero-order valence-electron chi connectivity index (χ0n) is 14.4. The number of hydrogen-bond acceptors (Lipinski definition) is 5. The van der Waals surface area contributed by atoms with E-state index in [2.05, 4.69) is 41.8 Å². The summed E-state index contributed by atoms with van der Waals surface area (Å²) in [5.41, 5.74) is 2.76. The summed E-state index contributed by atoms with van der Waals surface area (Å²) < 4.78 is 2.17. The number of nitrogens with one attached hydrogen (secondary N) is 1. The van der Waals surface area contributed by atoms with Gasteiger partial charge in [0.15, 0.2) is 11.5 Å². The van der Waals surface area contributed by atoms with Crippen molar-refractivity contribution in [3.63, 3.8) is 0 Å². The predicted molar refractivity (Wildman–Crippen MR) is 111 cm³/mol. The van der Waals surface area contributed by atoms with Crippen molar-refractivity contribution in [2.45, 2.75) is 6.92 Å². The third kappa shape index (κ3) is 2.78. The molecule has 4 N–H and O–H groups in total. The van der Waals surface area contributed by atoms with Crippen LogP contribution in [0, 0.1) is 0 Å². The van der Waals surface area contributed by atoms with Crippen LogP contribution in [0.1, 0.15) is 17.3 Å². The first kappa shape index (κ1) is 18.6. The molecule has 2 aromatic carbocycles. The lowest BCUT2D eigenvalue weighted by molar-refractivity contribution is 0.101. The van der Waals surface area contributed by atoms with Crippen LogP contribution in [0.3, 0.4) is 0 Å². The third-order valence-corrected chi connectivity index (χ3v) is 5.63. The number of carbonyl (C=O) groups excluding carboxylic acids is 1. The van der Waals surface area contributed by atoms with Gasteiger partial charge in [0.05, 0.1) is 43.3 Å². The van der Waals surface area contributed by atoms with Crippen molar-refractivity contribution in [3.8, 4) is 34.3 Å². The highest BCUT2D eigenvalue weighted by molar-refractivity contribution is 9.11. The second-order valence-electron chi connectivity index (χ2n) is 6.18. The van der Waals surface area contributed by atoms with Gasteiger partial charge in [0.1, 0.15) is 5.75 Å². The van der Waals surface area contributed by atoms with Gasteiger partial charge in [-0.15, -0.1) is 0 Å². The van der Waals surface area contributed by atoms with Gasteiger partial charge in [-0.2, -0.15) is 0 Å². The first-order chi connectivity index (χ1) is 13.3. The molecule has 4 rings (SSSR count). The second-order valence-corrected chi connectivity index (χ2v) is 7.89. The number of carbonyl (C=O) groups is 1. The van der Waals surface area contributed by atoms with Crippen molar-refractivity contribution < 1.29 is 20.1 Å². The number of aromatic hydroxyl groups is 3. The van der Waals surface area contributed by atoms with Gasteiger partial charge in [-0.25, -0.2) is 4.98 Å². The molecule has 0 saturated heterocycles. The molecule has 0 amide bonds. The number of hydrogen-bond donors (Lipinski definition) is 4. The van der Waals surface area contributed by atoms with Crippen molar-refractivity contribution in [1.29, 1.82) is 0 Å². The van der Waals surface area contributed by atoms with E-state index in [0.717, 1.165) is 11.0 Å². The number of aromatic amines is 1. The molecule has 2 heterocycles. The summed E-state index contributed by atoms with van der Waals surface area (Å²) in [6, 6.07) is 8.44. The second kappa shape index (κ2) is 6.68. The zero-order valence-corrected chi connectivity index (χ0v) is 17.5. The highest BCUT2D eigenvalue weighted by Crippen LogP contribution is 2.46. The Kier molecular flexibility index (Phi) is 4.43. The highest BCUT2D eigenvalue weighted by atomic mass is 79.9. The van der Waals surface area contributed by atoms with E-state index >= 15 is 0 Å². The van der Waals surface area contributed by atoms with Crippen molar-refractivity contribution in [2.24, 2.45) is 0 Å². The number of ketones is 1. The van der Waals surface area contributed by atoms with Gasteiger partial charge in [-0.3, -0.25) is 9.36 Å². The van der Waals surface area contributed by atoms with E-state index < -0.39 is 17.4 Å². The molecule has 0 aliphatic rings. The summed E-state index contributed by atoms with van der Waals surface area (Å²) in [6.07, 6.45) is 1.55. The Morgan fingerprint density at radius 3 is 2.39 bits per heavy atom. The molecule has 28 heavy (non-hydrogen) atoms. The van der Waals surface area contributed by atoms with E-state index in [1.807, 2.05) is 0 Å². The third-order valence-electron chi connectivity index (χ3n) is 4.43. The number of rotatable bonds is 3. The van der Waals surface area contributed by atoms with E-state index in [1.165, 1.54) is 11.5 Å². The lowest BCUT2D eigenvalue weighted by Crippen LogP contribution is -2.01. The Hall–Kier alpha value is -2.78. The standard InChI is InChI=1S/C19H13Br2N3O4/c1-8(25)15-16(9-4-11(20)17(26)12(21)5-9)24(19(28)18(15)27)10-2-3-13-14(6-10)23-7-22-13/h2-7,26-28H,1H3,(H,22,23). The van der Waals surface area contributed by atoms with Gasteiger partial charge in [0.2, 0.25) is 5.88 Å². The fraction of sp³-hybridized carbons (Fsp3) is 0.0526. The van der Waals surface area contributed by atoms with Gasteiger partial charge < -0.3 is 20.3 Å². The molecule has 0 saturated carbocycles. The molecular formula is C19H13Br2N3O4. The van der Waals surface area contributed by atoms with E-state index in [-0.39, 0.29) is 11.3 Å². The highest BCUT2D eigenvalue weighted by Gasteiger charge is 2.28. The summed E-state index contributed by atoms with van der Waals surface area (Å²) in [6.45, 7) is 1.31. The molecule has 0 aliphatic heterocycles. The number of H-pyrrole nitrogens is 1. The largest absolute Gasteiger partial charge is 0.506 e. The molecule has 7 nitrogen and oxygen atoms in total. The molecule has 0 aliphatic carbocycles. The molecule has 2 aromatic heterocycles. The zero-order chi connectivity index (χ0) is 20.2. The number of halogens is 2. The quantitative estimate of drug-likeness (QED) is 0.296. The normalized spacial score (nSPS) is 11.2. The topological polar surface area (TPSA) is 111 Å². The lowest BCUT2D eigenvalue weighted by atomic mass is 10.0. The minimum atomic E-state index is -0.507. The SMILES string of the molecule is CC(=O)c1c(O)c(O)n(-c2ccc3nc[nH]c3c2)c1-c1cc(Br)c(O)c(Br)c1. The molecule has 0 unspecified atom stereocenters. The Morgan fingerprint density at radius 1 is 1.07 bits per heavy atom. The fourth-order valence-electron chi connectivity index (χ4n) is 3.17. The Labute approximate surface area is 175 Å². The number of Topliss-reactive ketones (excluding diaryl/α,β-unsaturated/α-hetero) is 1. The molecular weight excluding hydrogens is 494 g/mol. The number of benzene rings is 2. The number of fused-ring (bicyclic) bond motifs is 1. The fourth-order valence-corrected chi connectivity index (χ4v) is 4.36. The number of imidazole rings is 1. The molecule has 0 fully saturated rings. The maximum Gasteiger partial charge on any atom is 0.240 e. The van der Waals surface area contributed by atoms with Crippen molar-refractivity contribution >= 4 is 48.7 Å². The summed E-state index contributed by atoms with van der Waals surface area (Å²) in [5.74, 6) is -1.38. The maximum atomic E-state index is 12.3. The number of phenols is 1. The number of nitrogens with zero attached hydrogens (tertiary/aromatic N) is 2. The van der Waals surface area contributed by atoms with Crippen LogP contribution >= 0.6 is 31.9 Å². The monoisotopic (exact) mass is 505 g/mol. The van der Waals surface area contributed by atoms with Crippen LogP contribution < -0.4 is 0 Å². The summed E-state index contributed by atoms with van der Waals surface area (Å²) in [4.78, 5) is 19.5. The van der Waals surface area contributed by atoms with Crippen molar-refractivity contribution in [3.05, 3.63) is 51.2 Å². The average molecular weight is 507 g/mol. The molecule has 4 aromatic rings. The van der Waals surface area contributed by atoms with Gasteiger partial charge in [-0.05, 0) is 69.1 Å². The van der Waals surface area contributed by atoms with Gasteiger partial charge in [0.25, 0.3) is 0 Å². The molecule has 0 radical (unpaired) electrons. The predicted octanol–water partition coefficient (Wildman–Crippen LogP) is 4.87. The van der Waals surface area contributed by atoms with Crippen LogP contribution in [0.2, 0.25) is 0 Å². The Balaban J connectivity index is 2.09. The number of aromatic nitrogens is 3. The Bertz CT molecular complexity index is 1240. The van der Waals surface area contributed by atoms with E-state index in [9.17, 15) is 20.1 Å². The van der Waals surface area contributed by atoms with Gasteiger partial charge in [-0.1, -0.05) is 0 Å². The smallest absolute Gasteiger partial charge is 0.240 e. The van der Waals surface area contributed by atoms with Crippen molar-refractivity contribution in [1.82, 2.24) is 14.5 Å². The van der Waals surface area contributed by atoms with Crippen LogP contribution in [0.5, 0.6) is 17.4 Å². The lowest BCUT2D eigenvalue weighted by Gasteiger charge is -2.13. The first-order valence-corrected chi connectivity index (χ1v) is 9.67. The summed E-state index contributed by atoms with van der Waals surface area (Å²) in [5, 5.41) is 31.1. The van der Waals surface area contributed by atoms with Crippen LogP contribution in [-0.4, -0.2) is 35.6 Å². The maximum absolute atomic E-state index is 12.3. The van der Waals surface area contributed by atoms with Crippen LogP contribution in [-0.2, 0) is 0 Å². The van der Waals surface area contributed by atoms with E-state index in [0.29, 0.717) is 25.9 Å². The van der Waals surface area contributed by atoms with Crippen LogP contribution in [0.25, 0.3) is 28.0 Å². The Morgan fingerprint density at radius 2 is 1.75 bits per heavy atom. The van der Waals surface area contributed by atoms with E-state index in [4.69, 9.17) is 0 Å². The average Bonchev–Trinajstić information content (AvgIpc) is 3.21. The summed E-state index contributed by atoms with van der Waals surface area (Å²) >= 11 is 6.55. The van der Waals surface area contributed by atoms with Gasteiger partial charge >= 0.3 is 0 Å².